The molecule has 2 saturated heterocycles. The summed E-state index contributed by atoms with van der Waals surface area (Å²) < 4.78 is 6.08. The summed E-state index contributed by atoms with van der Waals surface area (Å²) in [5.74, 6) is 0.299. The maximum absolute atomic E-state index is 11.9. The van der Waals surface area contributed by atoms with Gasteiger partial charge in [0.2, 0.25) is 0 Å². The van der Waals surface area contributed by atoms with Gasteiger partial charge in [0.25, 0.3) is 5.91 Å². The first-order valence-electron chi connectivity index (χ1n) is 9.41. The van der Waals surface area contributed by atoms with Gasteiger partial charge in [0.15, 0.2) is 0 Å². The zero-order valence-electron chi connectivity index (χ0n) is 15.5. The van der Waals surface area contributed by atoms with E-state index in [9.17, 15) is 4.79 Å². The highest BCUT2D eigenvalue weighted by molar-refractivity contribution is 5.98. The van der Waals surface area contributed by atoms with Crippen LogP contribution in [-0.4, -0.2) is 61.2 Å². The number of nitrogens with two attached hydrogens (primary N) is 1. The maximum atomic E-state index is 11.9. The van der Waals surface area contributed by atoms with Crippen LogP contribution in [0.15, 0.2) is 6.07 Å². The maximum Gasteiger partial charge on any atom is 0.252 e. The molecule has 1 aromatic heterocycles. The van der Waals surface area contributed by atoms with Gasteiger partial charge in [0, 0.05) is 31.9 Å². The van der Waals surface area contributed by atoms with E-state index in [1.54, 1.807) is 0 Å². The van der Waals surface area contributed by atoms with Gasteiger partial charge < -0.3 is 20.3 Å². The lowest BCUT2D eigenvalue weighted by atomic mass is 10.1. The third-order valence-corrected chi connectivity index (χ3v) is 5.27. The van der Waals surface area contributed by atoms with Crippen LogP contribution in [-0.2, 0) is 4.74 Å². The lowest BCUT2D eigenvalue weighted by molar-refractivity contribution is 0.0350. The second-order valence-corrected chi connectivity index (χ2v) is 7.28. The van der Waals surface area contributed by atoms with Gasteiger partial charge in [-0.15, -0.1) is 0 Å². The number of likely N-dealkylation sites (tertiary alicyclic amines) is 1. The molecule has 6 heteroatoms. The number of ether oxygens (including phenoxy) is 1. The lowest BCUT2D eigenvalue weighted by Gasteiger charge is -2.32. The van der Waals surface area contributed by atoms with Crippen LogP contribution in [0.2, 0.25) is 0 Å². The number of carbonyl (C=O) groups is 1. The Morgan fingerprint density at radius 1 is 1.24 bits per heavy atom. The first-order chi connectivity index (χ1) is 12.0. The van der Waals surface area contributed by atoms with Crippen molar-refractivity contribution in [3.05, 3.63) is 22.9 Å². The highest BCUT2D eigenvalue weighted by Gasteiger charge is 2.25. The summed E-state index contributed by atoms with van der Waals surface area (Å²) in [7, 11) is 0. The van der Waals surface area contributed by atoms with Gasteiger partial charge in [-0.1, -0.05) is 6.42 Å². The van der Waals surface area contributed by atoms with Crippen molar-refractivity contribution in [2.24, 2.45) is 5.73 Å². The highest BCUT2D eigenvalue weighted by Crippen LogP contribution is 2.23. The zero-order valence-corrected chi connectivity index (χ0v) is 15.5. The summed E-state index contributed by atoms with van der Waals surface area (Å²) in [5, 5.41) is 0. The number of rotatable bonds is 4. The Hall–Kier alpha value is -1.66. The third-order valence-electron chi connectivity index (χ3n) is 5.27. The van der Waals surface area contributed by atoms with Crippen LogP contribution >= 0.6 is 0 Å². The van der Waals surface area contributed by atoms with E-state index in [1.165, 1.54) is 19.3 Å². The molecule has 2 fully saturated rings. The number of aryl methyl sites for hydroxylation is 2. The number of carbonyl (C=O) groups excluding carboxylic acids is 1. The molecule has 2 N–H and O–H groups in total. The largest absolute Gasteiger partial charge is 0.375 e. The molecule has 138 valence electrons. The quantitative estimate of drug-likeness (QED) is 0.901. The number of hydrogen-bond donors (Lipinski definition) is 1. The van der Waals surface area contributed by atoms with E-state index in [2.05, 4.69) is 9.80 Å². The van der Waals surface area contributed by atoms with Crippen LogP contribution in [0.3, 0.4) is 0 Å². The Labute approximate surface area is 150 Å². The molecular weight excluding hydrogens is 316 g/mol. The molecule has 2 aliphatic rings. The number of aromatic nitrogens is 1. The number of anilines is 1. The summed E-state index contributed by atoms with van der Waals surface area (Å²) in [5.41, 5.74) is 8.07. The number of amides is 1. The average molecular weight is 346 g/mol. The van der Waals surface area contributed by atoms with Crippen molar-refractivity contribution in [1.29, 1.82) is 0 Å². The molecule has 0 radical (unpaired) electrons. The van der Waals surface area contributed by atoms with Crippen molar-refractivity contribution in [3.63, 3.8) is 0 Å². The Morgan fingerprint density at radius 2 is 2.00 bits per heavy atom. The van der Waals surface area contributed by atoms with Crippen molar-refractivity contribution in [1.82, 2.24) is 9.88 Å². The van der Waals surface area contributed by atoms with Crippen molar-refractivity contribution in [3.8, 4) is 0 Å². The summed E-state index contributed by atoms with van der Waals surface area (Å²) in [6.45, 7) is 9.56. The Balaban J connectivity index is 1.78. The minimum Gasteiger partial charge on any atom is -0.375 e. The molecule has 3 heterocycles. The predicted molar refractivity (Wildman–Crippen MR) is 99.1 cm³/mol. The fourth-order valence-corrected chi connectivity index (χ4v) is 3.74. The average Bonchev–Trinajstić information content (AvgIpc) is 2.83. The Bertz CT molecular complexity index is 614. The first-order valence-corrected chi connectivity index (χ1v) is 9.41. The number of piperidine rings is 1. The van der Waals surface area contributed by atoms with E-state index >= 15 is 0 Å². The van der Waals surface area contributed by atoms with Crippen molar-refractivity contribution in [2.45, 2.75) is 45.6 Å². The SMILES string of the molecule is Cc1cc(C(N)=O)c(N2CCCOC(CN3CCCCC3)C2)nc1C. The molecule has 2 aliphatic heterocycles. The van der Waals surface area contributed by atoms with E-state index in [-0.39, 0.29) is 6.10 Å². The van der Waals surface area contributed by atoms with Crippen molar-refractivity contribution >= 4 is 11.7 Å². The standard InChI is InChI=1S/C19H30N4O2/c1-14-11-17(18(20)24)19(21-15(14)2)23-9-6-10-25-16(13-23)12-22-7-4-3-5-8-22/h11,16H,3-10,12-13H2,1-2H3,(H2,20,24). The number of pyridine rings is 1. The summed E-state index contributed by atoms with van der Waals surface area (Å²) in [6.07, 6.45) is 4.97. The number of hydrogen-bond acceptors (Lipinski definition) is 5. The third kappa shape index (κ3) is 4.50. The van der Waals surface area contributed by atoms with Gasteiger partial charge in [-0.25, -0.2) is 4.98 Å². The topological polar surface area (TPSA) is 71.7 Å². The number of primary amides is 1. The summed E-state index contributed by atoms with van der Waals surface area (Å²) in [6, 6.07) is 1.87. The van der Waals surface area contributed by atoms with Crippen molar-refractivity contribution < 1.29 is 9.53 Å². The molecule has 0 aliphatic carbocycles. The highest BCUT2D eigenvalue weighted by atomic mass is 16.5. The first kappa shape index (κ1) is 18.1. The van der Waals surface area contributed by atoms with Gasteiger partial charge in [0.05, 0.1) is 11.7 Å². The number of nitrogens with zero attached hydrogens (tertiary/aromatic N) is 3. The van der Waals surface area contributed by atoms with Crippen molar-refractivity contribution in [2.75, 3.05) is 44.2 Å². The zero-order chi connectivity index (χ0) is 17.8. The van der Waals surface area contributed by atoms with Crippen LogP contribution < -0.4 is 10.6 Å². The van der Waals surface area contributed by atoms with E-state index in [0.29, 0.717) is 11.4 Å². The molecule has 0 bridgehead atoms. The predicted octanol–water partition coefficient (Wildman–Crippen LogP) is 1.88. The molecule has 6 nitrogen and oxygen atoms in total. The summed E-state index contributed by atoms with van der Waals surface area (Å²) >= 11 is 0. The second kappa shape index (κ2) is 8.15. The van der Waals surface area contributed by atoms with Crippen LogP contribution in [0.1, 0.15) is 47.3 Å². The lowest BCUT2D eigenvalue weighted by Crippen LogP contribution is -2.43. The molecule has 0 aromatic carbocycles. The van der Waals surface area contributed by atoms with E-state index < -0.39 is 5.91 Å². The molecular formula is C19H30N4O2. The van der Waals surface area contributed by atoms with Gasteiger partial charge in [-0.05, 0) is 57.8 Å². The van der Waals surface area contributed by atoms with E-state index in [1.807, 2.05) is 19.9 Å². The summed E-state index contributed by atoms with van der Waals surface area (Å²) in [4.78, 5) is 21.3. The minimum atomic E-state index is -0.414. The Kier molecular flexibility index (Phi) is 5.91. The normalized spacial score (nSPS) is 22.6. The molecule has 1 amide bonds. The molecule has 0 spiro atoms. The van der Waals surface area contributed by atoms with Gasteiger partial charge in [-0.3, -0.25) is 4.79 Å². The monoisotopic (exact) mass is 346 g/mol. The van der Waals surface area contributed by atoms with Crippen LogP contribution in [0.25, 0.3) is 0 Å². The van der Waals surface area contributed by atoms with Crippen LogP contribution in [0, 0.1) is 13.8 Å². The minimum absolute atomic E-state index is 0.143. The van der Waals surface area contributed by atoms with E-state index in [0.717, 1.165) is 57.0 Å². The van der Waals surface area contributed by atoms with Gasteiger partial charge >= 0.3 is 0 Å². The van der Waals surface area contributed by atoms with Crippen LogP contribution in [0.5, 0.6) is 0 Å². The molecule has 0 saturated carbocycles. The molecule has 3 rings (SSSR count). The van der Waals surface area contributed by atoms with Gasteiger partial charge in [0.1, 0.15) is 5.82 Å². The Morgan fingerprint density at radius 3 is 2.72 bits per heavy atom. The molecule has 1 atom stereocenters. The molecule has 1 aromatic rings. The smallest absolute Gasteiger partial charge is 0.252 e. The second-order valence-electron chi connectivity index (χ2n) is 7.28. The fourth-order valence-electron chi connectivity index (χ4n) is 3.74. The van der Waals surface area contributed by atoms with E-state index in [4.69, 9.17) is 15.5 Å². The molecule has 1 unspecified atom stereocenters. The van der Waals surface area contributed by atoms with Gasteiger partial charge in [-0.2, -0.15) is 0 Å². The fraction of sp³-hybridized carbons (Fsp3) is 0.684. The molecule has 25 heavy (non-hydrogen) atoms. The van der Waals surface area contributed by atoms with Crippen LogP contribution in [0.4, 0.5) is 5.82 Å².